The minimum atomic E-state index is -0.324. The van der Waals surface area contributed by atoms with Gasteiger partial charge in [-0.1, -0.05) is 30.3 Å². The number of hydrogen-bond donors (Lipinski definition) is 2. The van der Waals surface area contributed by atoms with Crippen LogP contribution in [-0.4, -0.2) is 44.0 Å². The molecule has 1 aromatic rings. The van der Waals surface area contributed by atoms with Gasteiger partial charge in [0.2, 0.25) is 0 Å². The third-order valence-corrected chi connectivity index (χ3v) is 4.46. The summed E-state index contributed by atoms with van der Waals surface area (Å²) in [6.45, 7) is 0.939. The van der Waals surface area contributed by atoms with Gasteiger partial charge in [0.25, 0.3) is 0 Å². The lowest BCUT2D eigenvalue weighted by Gasteiger charge is -2.32. The molecule has 0 saturated carbocycles. The molecule has 0 aliphatic carbocycles. The molecule has 0 saturated heterocycles. The molecular weight excluding hydrogens is 258 g/mol. The molecule has 0 heterocycles. The largest absolute Gasteiger partial charge is 0.394 e. The van der Waals surface area contributed by atoms with Crippen molar-refractivity contribution in [2.75, 3.05) is 38.9 Å². The molecule has 0 aliphatic rings. The summed E-state index contributed by atoms with van der Waals surface area (Å²) < 4.78 is 5.04. The van der Waals surface area contributed by atoms with E-state index in [0.717, 1.165) is 36.5 Å². The Hall–Kier alpha value is -0.550. The second-order valence-corrected chi connectivity index (χ2v) is 5.79. The van der Waals surface area contributed by atoms with Crippen LogP contribution < -0.4 is 5.32 Å². The minimum Gasteiger partial charge on any atom is -0.394 e. The highest BCUT2D eigenvalue weighted by molar-refractivity contribution is 7.99. The summed E-state index contributed by atoms with van der Waals surface area (Å²) >= 11 is 1.91. The van der Waals surface area contributed by atoms with Crippen LogP contribution in [-0.2, 0) is 10.3 Å². The topological polar surface area (TPSA) is 41.5 Å². The lowest BCUT2D eigenvalue weighted by atomic mass is 9.88. The fraction of sp³-hybridized carbons (Fsp3) is 0.600. The Morgan fingerprint density at radius 3 is 2.58 bits per heavy atom. The van der Waals surface area contributed by atoms with Crippen molar-refractivity contribution in [1.29, 1.82) is 0 Å². The van der Waals surface area contributed by atoms with E-state index in [9.17, 15) is 5.11 Å². The van der Waals surface area contributed by atoms with Gasteiger partial charge in [0, 0.05) is 13.7 Å². The first kappa shape index (κ1) is 16.5. The zero-order valence-electron chi connectivity index (χ0n) is 11.9. The van der Waals surface area contributed by atoms with E-state index >= 15 is 0 Å². The van der Waals surface area contributed by atoms with Crippen LogP contribution in [0.1, 0.15) is 18.4 Å². The Morgan fingerprint density at radius 1 is 1.26 bits per heavy atom. The van der Waals surface area contributed by atoms with Crippen molar-refractivity contribution in [3.05, 3.63) is 35.9 Å². The lowest BCUT2D eigenvalue weighted by Crippen LogP contribution is -2.44. The molecule has 4 heteroatoms. The van der Waals surface area contributed by atoms with Crippen molar-refractivity contribution < 1.29 is 9.84 Å². The summed E-state index contributed by atoms with van der Waals surface area (Å²) in [6, 6.07) is 10.2. The molecule has 0 amide bonds. The molecule has 0 aromatic heterocycles. The van der Waals surface area contributed by atoms with Crippen molar-refractivity contribution in [1.82, 2.24) is 5.32 Å². The van der Waals surface area contributed by atoms with E-state index < -0.39 is 0 Å². The van der Waals surface area contributed by atoms with E-state index in [-0.39, 0.29) is 12.1 Å². The number of methoxy groups -OCH3 is 1. The van der Waals surface area contributed by atoms with Crippen LogP contribution in [0.25, 0.3) is 0 Å². The Kier molecular flexibility index (Phi) is 8.14. The SMILES string of the molecule is CNC(CO)(CCSCCCOC)c1ccccc1. The fourth-order valence-electron chi connectivity index (χ4n) is 2.07. The maximum Gasteiger partial charge on any atom is 0.0674 e. The van der Waals surface area contributed by atoms with E-state index in [1.165, 1.54) is 0 Å². The number of likely N-dealkylation sites (N-methyl/N-ethyl adjacent to an activating group) is 1. The van der Waals surface area contributed by atoms with Gasteiger partial charge in [-0.15, -0.1) is 0 Å². The fourth-order valence-corrected chi connectivity index (χ4v) is 3.09. The van der Waals surface area contributed by atoms with Gasteiger partial charge in [-0.2, -0.15) is 11.8 Å². The van der Waals surface area contributed by atoms with E-state index in [1.807, 2.05) is 37.0 Å². The summed E-state index contributed by atoms with van der Waals surface area (Å²) in [5.74, 6) is 2.13. The predicted octanol–water partition coefficient (Wildman–Crippen LogP) is 2.25. The summed E-state index contributed by atoms with van der Waals surface area (Å²) in [5.41, 5.74) is 0.827. The van der Waals surface area contributed by atoms with Crippen LogP contribution in [0.4, 0.5) is 0 Å². The number of aliphatic hydroxyl groups excluding tert-OH is 1. The number of hydrogen-bond acceptors (Lipinski definition) is 4. The number of thioether (sulfide) groups is 1. The van der Waals surface area contributed by atoms with Crippen molar-refractivity contribution in [3.8, 4) is 0 Å². The monoisotopic (exact) mass is 283 g/mol. The van der Waals surface area contributed by atoms with E-state index in [4.69, 9.17) is 4.74 Å². The number of aliphatic hydroxyl groups is 1. The Bertz CT molecular complexity index is 328. The zero-order chi connectivity index (χ0) is 14.0. The number of rotatable bonds is 10. The van der Waals surface area contributed by atoms with Crippen LogP contribution >= 0.6 is 11.8 Å². The smallest absolute Gasteiger partial charge is 0.0674 e. The average molecular weight is 283 g/mol. The number of benzene rings is 1. The summed E-state index contributed by atoms with van der Waals surface area (Å²) in [5, 5.41) is 13.1. The standard InChI is InChI=1S/C15H25NO2S/c1-16-15(13-17,14-7-4-3-5-8-14)9-12-19-11-6-10-18-2/h3-5,7-8,16-17H,6,9-13H2,1-2H3. The zero-order valence-corrected chi connectivity index (χ0v) is 12.7. The van der Waals surface area contributed by atoms with E-state index in [1.54, 1.807) is 7.11 Å². The highest BCUT2D eigenvalue weighted by Crippen LogP contribution is 2.26. The van der Waals surface area contributed by atoms with Crippen molar-refractivity contribution >= 4 is 11.8 Å². The van der Waals surface area contributed by atoms with Gasteiger partial charge in [-0.05, 0) is 37.0 Å². The van der Waals surface area contributed by atoms with E-state index in [2.05, 4.69) is 17.4 Å². The van der Waals surface area contributed by atoms with Gasteiger partial charge in [0.05, 0.1) is 12.1 Å². The van der Waals surface area contributed by atoms with Gasteiger partial charge in [0.15, 0.2) is 0 Å². The van der Waals surface area contributed by atoms with Gasteiger partial charge >= 0.3 is 0 Å². The third kappa shape index (κ3) is 5.15. The maximum atomic E-state index is 9.78. The van der Waals surface area contributed by atoms with Crippen LogP contribution in [0.2, 0.25) is 0 Å². The third-order valence-electron chi connectivity index (χ3n) is 3.39. The number of ether oxygens (including phenoxy) is 1. The van der Waals surface area contributed by atoms with Crippen LogP contribution in [0.3, 0.4) is 0 Å². The maximum absolute atomic E-state index is 9.78. The lowest BCUT2D eigenvalue weighted by molar-refractivity contribution is 0.165. The first-order chi connectivity index (χ1) is 9.29. The molecule has 0 aliphatic heterocycles. The predicted molar refractivity (Wildman–Crippen MR) is 82.7 cm³/mol. The Morgan fingerprint density at radius 2 is 2.00 bits per heavy atom. The quantitative estimate of drug-likeness (QED) is 0.646. The first-order valence-corrected chi connectivity index (χ1v) is 7.86. The van der Waals surface area contributed by atoms with Crippen LogP contribution in [0.15, 0.2) is 30.3 Å². The Labute approximate surface area is 120 Å². The molecule has 19 heavy (non-hydrogen) atoms. The highest BCUT2D eigenvalue weighted by atomic mass is 32.2. The van der Waals surface area contributed by atoms with Crippen LogP contribution in [0, 0.1) is 0 Å². The summed E-state index contributed by atoms with van der Waals surface area (Å²) in [7, 11) is 3.65. The normalized spacial score (nSPS) is 14.3. The molecule has 1 rings (SSSR count). The van der Waals surface area contributed by atoms with Gasteiger partial charge < -0.3 is 15.2 Å². The van der Waals surface area contributed by atoms with Gasteiger partial charge in [-0.25, -0.2) is 0 Å². The molecule has 0 bridgehead atoms. The molecule has 1 unspecified atom stereocenters. The molecule has 2 N–H and O–H groups in total. The Balaban J connectivity index is 2.48. The van der Waals surface area contributed by atoms with Crippen molar-refractivity contribution in [2.24, 2.45) is 0 Å². The molecule has 1 atom stereocenters. The highest BCUT2D eigenvalue weighted by Gasteiger charge is 2.28. The molecule has 0 spiro atoms. The number of nitrogens with one attached hydrogen (secondary N) is 1. The van der Waals surface area contributed by atoms with Crippen molar-refractivity contribution in [3.63, 3.8) is 0 Å². The molecular formula is C15H25NO2S. The molecule has 3 nitrogen and oxygen atoms in total. The summed E-state index contributed by atoms with van der Waals surface area (Å²) in [6.07, 6.45) is 2.00. The molecule has 1 aromatic carbocycles. The first-order valence-electron chi connectivity index (χ1n) is 6.71. The van der Waals surface area contributed by atoms with E-state index in [0.29, 0.717) is 0 Å². The average Bonchev–Trinajstić information content (AvgIpc) is 2.48. The molecule has 0 radical (unpaired) electrons. The van der Waals surface area contributed by atoms with Crippen molar-refractivity contribution in [2.45, 2.75) is 18.4 Å². The van der Waals surface area contributed by atoms with Crippen LogP contribution in [0.5, 0.6) is 0 Å². The summed E-state index contributed by atoms with van der Waals surface area (Å²) in [4.78, 5) is 0. The second kappa shape index (κ2) is 9.37. The van der Waals surface area contributed by atoms with Gasteiger partial charge in [-0.3, -0.25) is 0 Å². The second-order valence-electron chi connectivity index (χ2n) is 4.56. The molecule has 0 fully saturated rings. The molecule has 108 valence electrons. The van der Waals surface area contributed by atoms with Gasteiger partial charge in [0.1, 0.15) is 0 Å². The minimum absolute atomic E-state index is 0.117.